The van der Waals surface area contributed by atoms with Gasteiger partial charge in [-0.15, -0.1) is 0 Å². The number of sulfone groups is 2. The largest absolute Gasteiger partial charge is 0.228 e. The molecule has 82 valence electrons. The second-order valence-corrected chi connectivity index (χ2v) is 7.69. The Labute approximate surface area is 84.8 Å². The van der Waals surface area contributed by atoms with E-state index in [1.54, 1.807) is 0 Å². The molecule has 0 N–H and O–H groups in total. The van der Waals surface area contributed by atoms with Gasteiger partial charge in [-0.2, -0.15) is 0 Å². The molecule has 0 saturated heterocycles. The van der Waals surface area contributed by atoms with E-state index in [2.05, 4.69) is 0 Å². The monoisotopic (exact) mass is 238 g/mol. The van der Waals surface area contributed by atoms with Crippen LogP contribution in [0.15, 0.2) is 11.5 Å². The summed E-state index contributed by atoms with van der Waals surface area (Å²) in [6.07, 6.45) is 2.66. The highest BCUT2D eigenvalue weighted by Crippen LogP contribution is 2.17. The molecule has 0 fully saturated rings. The van der Waals surface area contributed by atoms with Crippen LogP contribution in [0.4, 0.5) is 0 Å². The quantitative estimate of drug-likeness (QED) is 0.715. The van der Waals surface area contributed by atoms with Crippen molar-refractivity contribution in [3.63, 3.8) is 0 Å². The van der Waals surface area contributed by atoms with Crippen LogP contribution in [0.2, 0.25) is 0 Å². The van der Waals surface area contributed by atoms with Crippen molar-refractivity contribution in [3.05, 3.63) is 11.5 Å². The average Bonchev–Trinajstić information content (AvgIpc) is 2.43. The Bertz CT molecular complexity index is 416. The fraction of sp³-hybridized carbons (Fsp3) is 0.750. The van der Waals surface area contributed by atoms with E-state index >= 15 is 0 Å². The zero-order valence-electron chi connectivity index (χ0n) is 8.01. The van der Waals surface area contributed by atoms with Gasteiger partial charge in [-0.25, -0.2) is 16.8 Å². The Morgan fingerprint density at radius 2 is 2.07 bits per heavy atom. The summed E-state index contributed by atoms with van der Waals surface area (Å²) in [6, 6.07) is 0. The highest BCUT2D eigenvalue weighted by Gasteiger charge is 2.31. The van der Waals surface area contributed by atoms with Crippen LogP contribution in [0.3, 0.4) is 0 Å². The van der Waals surface area contributed by atoms with Crippen molar-refractivity contribution in [3.8, 4) is 0 Å². The molecule has 1 atom stereocenters. The summed E-state index contributed by atoms with van der Waals surface area (Å²) in [5, 5.41) is 0.181. The van der Waals surface area contributed by atoms with Crippen molar-refractivity contribution < 1.29 is 16.8 Å². The highest BCUT2D eigenvalue weighted by molar-refractivity contribution is 7.98. The van der Waals surface area contributed by atoms with Crippen molar-refractivity contribution in [2.24, 2.45) is 0 Å². The van der Waals surface area contributed by atoms with Gasteiger partial charge >= 0.3 is 0 Å². The van der Waals surface area contributed by atoms with Gasteiger partial charge < -0.3 is 0 Å². The molecule has 0 bridgehead atoms. The first-order valence-electron chi connectivity index (χ1n) is 4.50. The van der Waals surface area contributed by atoms with Crippen LogP contribution in [-0.4, -0.2) is 33.6 Å². The van der Waals surface area contributed by atoms with Gasteiger partial charge in [0.2, 0.25) is 0 Å². The third-order valence-corrected chi connectivity index (χ3v) is 5.85. The van der Waals surface area contributed by atoms with Crippen molar-refractivity contribution in [1.29, 1.82) is 0 Å². The van der Waals surface area contributed by atoms with Crippen molar-refractivity contribution in [1.82, 2.24) is 0 Å². The Balaban J connectivity index is 2.73. The zero-order chi connectivity index (χ0) is 10.8. The molecule has 0 unspecified atom stereocenters. The molecule has 0 radical (unpaired) electrons. The standard InChI is InChI=1S/C8H14O4S2/c1-2-3-5-14(11,12)8-4-6-13(9,10)7-8/h4,6,8H,2-3,5,7H2,1H3/t8-/m0/s1. The Morgan fingerprint density at radius 3 is 2.50 bits per heavy atom. The van der Waals surface area contributed by atoms with E-state index < -0.39 is 24.9 Å². The maximum Gasteiger partial charge on any atom is 0.172 e. The molecule has 1 heterocycles. The molecule has 0 aromatic heterocycles. The first-order valence-corrected chi connectivity index (χ1v) is 7.93. The average molecular weight is 238 g/mol. The molecule has 14 heavy (non-hydrogen) atoms. The number of hydrogen-bond donors (Lipinski definition) is 0. The third kappa shape index (κ3) is 2.81. The van der Waals surface area contributed by atoms with Crippen LogP contribution < -0.4 is 0 Å². The van der Waals surface area contributed by atoms with E-state index in [-0.39, 0.29) is 11.5 Å². The molecule has 4 nitrogen and oxygen atoms in total. The predicted molar refractivity (Wildman–Crippen MR) is 55.4 cm³/mol. The van der Waals surface area contributed by atoms with E-state index in [1.165, 1.54) is 6.08 Å². The van der Waals surface area contributed by atoms with E-state index in [1.807, 2.05) is 6.92 Å². The summed E-state index contributed by atoms with van der Waals surface area (Å²) in [5.41, 5.74) is 0. The van der Waals surface area contributed by atoms with Crippen molar-refractivity contribution >= 4 is 19.7 Å². The maximum atomic E-state index is 11.6. The van der Waals surface area contributed by atoms with E-state index in [9.17, 15) is 16.8 Å². The number of rotatable bonds is 4. The topological polar surface area (TPSA) is 68.3 Å². The first-order chi connectivity index (χ1) is 6.37. The predicted octanol–water partition coefficient (Wildman–Crippen LogP) is 0.512. The summed E-state index contributed by atoms with van der Waals surface area (Å²) in [4.78, 5) is 0. The summed E-state index contributed by atoms with van der Waals surface area (Å²) in [6.45, 7) is 1.90. The maximum absolute atomic E-state index is 11.6. The molecular formula is C8H14O4S2. The van der Waals surface area contributed by atoms with E-state index in [0.717, 1.165) is 11.8 Å². The minimum absolute atomic E-state index is 0.0774. The minimum Gasteiger partial charge on any atom is -0.228 e. The molecule has 0 aliphatic carbocycles. The van der Waals surface area contributed by atoms with Crippen LogP contribution in [0.25, 0.3) is 0 Å². The molecule has 1 aliphatic rings. The lowest BCUT2D eigenvalue weighted by Crippen LogP contribution is -2.25. The summed E-state index contributed by atoms with van der Waals surface area (Å²) >= 11 is 0. The fourth-order valence-corrected chi connectivity index (χ4v) is 5.19. The smallest absolute Gasteiger partial charge is 0.172 e. The molecule has 6 heteroatoms. The van der Waals surface area contributed by atoms with Gasteiger partial charge in [-0.05, 0) is 6.42 Å². The van der Waals surface area contributed by atoms with Crippen LogP contribution in [0.1, 0.15) is 19.8 Å². The molecule has 0 spiro atoms. The molecule has 0 aromatic rings. The van der Waals surface area contributed by atoms with Crippen LogP contribution in [0.5, 0.6) is 0 Å². The summed E-state index contributed by atoms with van der Waals surface area (Å²) in [7, 11) is -6.52. The lowest BCUT2D eigenvalue weighted by Gasteiger charge is -2.07. The molecule has 1 rings (SSSR count). The number of hydrogen-bond acceptors (Lipinski definition) is 4. The second kappa shape index (κ2) is 4.02. The number of unbranched alkanes of at least 4 members (excludes halogenated alkanes) is 1. The van der Waals surface area contributed by atoms with Crippen molar-refractivity contribution in [2.75, 3.05) is 11.5 Å². The van der Waals surface area contributed by atoms with E-state index in [0.29, 0.717) is 6.42 Å². The fourth-order valence-electron chi connectivity index (χ4n) is 1.27. The molecule has 0 aromatic carbocycles. The Kier molecular flexibility index (Phi) is 3.36. The van der Waals surface area contributed by atoms with Gasteiger partial charge in [0.1, 0.15) is 0 Å². The van der Waals surface area contributed by atoms with Gasteiger partial charge in [0, 0.05) is 5.41 Å². The molecule has 0 saturated carbocycles. The second-order valence-electron chi connectivity index (χ2n) is 3.42. The first kappa shape index (κ1) is 11.7. The normalized spacial score (nSPS) is 25.4. The molecule has 1 aliphatic heterocycles. The van der Waals surface area contributed by atoms with Gasteiger partial charge in [-0.1, -0.05) is 19.4 Å². The van der Waals surface area contributed by atoms with Gasteiger partial charge in [0.15, 0.2) is 19.7 Å². The van der Waals surface area contributed by atoms with Crippen LogP contribution in [-0.2, 0) is 19.7 Å². The van der Waals surface area contributed by atoms with E-state index in [4.69, 9.17) is 0 Å². The van der Waals surface area contributed by atoms with Crippen molar-refractivity contribution in [2.45, 2.75) is 25.0 Å². The Hall–Kier alpha value is -0.360. The molecular weight excluding hydrogens is 224 g/mol. The summed E-state index contributed by atoms with van der Waals surface area (Å²) < 4.78 is 45.1. The SMILES string of the molecule is CCCCS(=O)(=O)[C@H]1C=CS(=O)(=O)C1. The highest BCUT2D eigenvalue weighted by atomic mass is 32.2. The zero-order valence-corrected chi connectivity index (χ0v) is 9.64. The lowest BCUT2D eigenvalue weighted by molar-refractivity contribution is 0.584. The summed E-state index contributed by atoms with van der Waals surface area (Å²) in [5.74, 6) is -0.201. The van der Waals surface area contributed by atoms with Crippen LogP contribution in [0, 0.1) is 0 Å². The van der Waals surface area contributed by atoms with Gasteiger partial charge in [-0.3, -0.25) is 0 Å². The minimum atomic E-state index is -3.26. The lowest BCUT2D eigenvalue weighted by atomic mass is 10.4. The Morgan fingerprint density at radius 1 is 1.43 bits per heavy atom. The third-order valence-electron chi connectivity index (χ3n) is 2.14. The molecule has 0 amide bonds. The van der Waals surface area contributed by atoms with Gasteiger partial charge in [0.05, 0.1) is 16.8 Å². The van der Waals surface area contributed by atoms with Gasteiger partial charge in [0.25, 0.3) is 0 Å². The van der Waals surface area contributed by atoms with Crippen LogP contribution >= 0.6 is 0 Å².